The molecule has 8 nitrogen and oxygen atoms in total. The van der Waals surface area contributed by atoms with Gasteiger partial charge in [-0.3, -0.25) is 8.93 Å². The second-order valence-electron chi connectivity index (χ2n) is 9.36. The van der Waals surface area contributed by atoms with Gasteiger partial charge in [0.1, 0.15) is 6.54 Å². The largest absolute Gasteiger partial charge is 0.406 e. The van der Waals surface area contributed by atoms with Gasteiger partial charge >= 0.3 is 6.18 Å². The highest BCUT2D eigenvalue weighted by atomic mass is 32.2. The van der Waals surface area contributed by atoms with Gasteiger partial charge in [-0.15, -0.1) is 0 Å². The highest BCUT2D eigenvalue weighted by Crippen LogP contribution is 2.31. The van der Waals surface area contributed by atoms with Crippen molar-refractivity contribution >= 4 is 50.0 Å². The maximum absolute atomic E-state index is 13.5. The first-order valence-corrected chi connectivity index (χ1v) is 15.5. The van der Waals surface area contributed by atoms with Crippen LogP contribution in [0.2, 0.25) is 0 Å². The first-order chi connectivity index (χ1) is 19.7. The predicted octanol–water partition coefficient (Wildman–Crippen LogP) is 4.91. The second-order valence-corrected chi connectivity index (χ2v) is 12.3. The molecule has 1 atom stereocenters. The quantitative estimate of drug-likeness (QED) is 0.249. The van der Waals surface area contributed by atoms with Gasteiger partial charge < -0.3 is 15.2 Å². The summed E-state index contributed by atoms with van der Waals surface area (Å²) in [4.78, 5) is 8.50. The summed E-state index contributed by atoms with van der Waals surface area (Å²) in [7, 11) is -2.35. The molecule has 0 aliphatic carbocycles. The summed E-state index contributed by atoms with van der Waals surface area (Å²) in [5.74, 6) is 7.31. The van der Waals surface area contributed by atoms with E-state index in [4.69, 9.17) is 0 Å². The van der Waals surface area contributed by atoms with Gasteiger partial charge in [0.25, 0.3) is 0 Å². The first-order valence-electron chi connectivity index (χ1n) is 12.8. The number of hydrogen-bond acceptors (Lipinski definition) is 6. The Balaban J connectivity index is 1.29. The average Bonchev–Trinajstić information content (AvgIpc) is 3.30. The summed E-state index contributed by atoms with van der Waals surface area (Å²) >= 11 is 0. The maximum Gasteiger partial charge on any atom is 0.406 e. The lowest BCUT2D eigenvalue weighted by Gasteiger charge is -2.24. The van der Waals surface area contributed by atoms with Gasteiger partial charge in [0.15, 0.2) is 11.0 Å². The Kier molecular flexibility index (Phi) is 8.90. The van der Waals surface area contributed by atoms with E-state index in [0.29, 0.717) is 33.0 Å². The number of benzene rings is 2. The summed E-state index contributed by atoms with van der Waals surface area (Å²) in [6, 6.07) is 15.5. The third-order valence-electron chi connectivity index (χ3n) is 6.45. The minimum absolute atomic E-state index is 0.120. The SMILES string of the molecule is O=S1CCC(Nc2cccc3c2cc(C#CCNc2ccc(S(=O)Nc4ncccn4)cc2)n3CC(F)(F)F)CC1. The Bertz CT molecular complexity index is 1610. The number of hydrogen-bond donors (Lipinski definition) is 3. The van der Waals surface area contributed by atoms with E-state index < -0.39 is 34.5 Å². The Morgan fingerprint density at radius 3 is 2.49 bits per heavy atom. The van der Waals surface area contributed by atoms with Crippen LogP contribution in [0.4, 0.5) is 30.5 Å². The van der Waals surface area contributed by atoms with Gasteiger partial charge in [0, 0.05) is 57.5 Å². The summed E-state index contributed by atoms with van der Waals surface area (Å²) in [5, 5.41) is 7.22. The third kappa shape index (κ3) is 7.65. The van der Waals surface area contributed by atoms with E-state index >= 15 is 0 Å². The molecule has 3 N–H and O–H groups in total. The number of nitrogens with zero attached hydrogens (tertiary/aromatic N) is 3. The Morgan fingerprint density at radius 1 is 1.05 bits per heavy atom. The monoisotopic (exact) mass is 600 g/mol. The van der Waals surface area contributed by atoms with Crippen LogP contribution < -0.4 is 15.4 Å². The topological polar surface area (TPSA) is 101 Å². The van der Waals surface area contributed by atoms with Crippen molar-refractivity contribution in [2.24, 2.45) is 0 Å². The molecule has 2 aromatic heterocycles. The molecular formula is C28H27F3N6O2S2. The van der Waals surface area contributed by atoms with E-state index in [9.17, 15) is 21.6 Å². The zero-order chi connectivity index (χ0) is 28.8. The molecule has 5 rings (SSSR count). The molecule has 3 heterocycles. The van der Waals surface area contributed by atoms with Gasteiger partial charge in [-0.05, 0) is 67.3 Å². The fraction of sp³-hybridized carbons (Fsp3) is 0.286. The Labute approximate surface area is 240 Å². The number of aromatic nitrogens is 3. The van der Waals surface area contributed by atoms with Crippen LogP contribution >= 0.6 is 0 Å². The van der Waals surface area contributed by atoms with Gasteiger partial charge in [0.05, 0.1) is 22.7 Å². The zero-order valence-corrected chi connectivity index (χ0v) is 23.4. The molecule has 0 saturated carbocycles. The number of fused-ring (bicyclic) bond motifs is 1. The molecule has 1 aliphatic heterocycles. The Morgan fingerprint density at radius 2 is 1.78 bits per heavy atom. The van der Waals surface area contributed by atoms with Crippen molar-refractivity contribution in [3.05, 3.63) is 72.7 Å². The van der Waals surface area contributed by atoms with Gasteiger partial charge in [-0.2, -0.15) is 13.2 Å². The van der Waals surface area contributed by atoms with E-state index in [1.807, 2.05) is 6.07 Å². The summed E-state index contributed by atoms with van der Waals surface area (Å²) in [5.41, 5.74) is 2.17. The molecule has 0 bridgehead atoms. The van der Waals surface area contributed by atoms with E-state index in [1.54, 1.807) is 60.9 Å². The number of rotatable bonds is 8. The lowest BCUT2D eigenvalue weighted by Crippen LogP contribution is -2.29. The summed E-state index contributed by atoms with van der Waals surface area (Å²) in [6.07, 6.45) is 0.170. The molecule has 214 valence electrons. The van der Waals surface area contributed by atoms with Crippen LogP contribution in [0.25, 0.3) is 10.9 Å². The average molecular weight is 601 g/mol. The lowest BCUT2D eigenvalue weighted by atomic mass is 10.1. The molecular weight excluding hydrogens is 573 g/mol. The minimum Gasteiger partial charge on any atom is -0.382 e. The van der Waals surface area contributed by atoms with Crippen LogP contribution in [0.15, 0.2) is 71.9 Å². The lowest BCUT2D eigenvalue weighted by molar-refractivity contribution is -0.140. The molecule has 0 spiro atoms. The van der Waals surface area contributed by atoms with E-state index in [2.05, 4.69) is 37.2 Å². The van der Waals surface area contributed by atoms with Gasteiger partial charge in [0.2, 0.25) is 5.95 Å². The van der Waals surface area contributed by atoms with Crippen LogP contribution in [0.5, 0.6) is 0 Å². The molecule has 1 fully saturated rings. The van der Waals surface area contributed by atoms with E-state index in [1.165, 1.54) is 4.57 Å². The second kappa shape index (κ2) is 12.7. The van der Waals surface area contributed by atoms with E-state index in [-0.39, 0.29) is 24.2 Å². The van der Waals surface area contributed by atoms with Crippen LogP contribution in [0.1, 0.15) is 18.5 Å². The van der Waals surface area contributed by atoms with Crippen LogP contribution in [-0.4, -0.2) is 53.2 Å². The fourth-order valence-corrected chi connectivity index (χ4v) is 6.56. The standard InChI is InChI=1S/C28H27F3N6O2S2/c29-28(30,31)19-37-22(18-24-25(5-1-6-26(24)37)35-21-11-16-40(38)17-12-21)4-2-13-32-20-7-9-23(10-8-20)41(39)36-27-33-14-3-15-34-27/h1,3,5-10,14-15,18,21,32,35H,11-13,16-17,19H2,(H,33,34,36). The predicted molar refractivity (Wildman–Crippen MR) is 156 cm³/mol. The molecule has 2 aromatic carbocycles. The van der Waals surface area contributed by atoms with Gasteiger partial charge in [-0.25, -0.2) is 14.2 Å². The van der Waals surface area contributed by atoms with Crippen molar-refractivity contribution in [1.82, 2.24) is 14.5 Å². The van der Waals surface area contributed by atoms with Gasteiger partial charge in [-0.1, -0.05) is 12.0 Å². The molecule has 1 aliphatic rings. The molecule has 0 amide bonds. The number of nitrogens with one attached hydrogen (secondary N) is 3. The van der Waals surface area contributed by atoms with Crippen molar-refractivity contribution in [3.63, 3.8) is 0 Å². The Hall–Kier alpha value is -3.89. The fourth-order valence-electron chi connectivity index (χ4n) is 4.49. The van der Waals surface area contributed by atoms with Crippen molar-refractivity contribution in [1.29, 1.82) is 0 Å². The highest BCUT2D eigenvalue weighted by molar-refractivity contribution is 7.86. The third-order valence-corrected chi connectivity index (χ3v) is 8.90. The van der Waals surface area contributed by atoms with Crippen LogP contribution in [0, 0.1) is 11.8 Å². The summed E-state index contributed by atoms with van der Waals surface area (Å²) in [6.45, 7) is -0.961. The zero-order valence-electron chi connectivity index (χ0n) is 21.8. The normalized spacial score (nSPS) is 17.8. The smallest absolute Gasteiger partial charge is 0.382 e. The molecule has 41 heavy (non-hydrogen) atoms. The van der Waals surface area contributed by atoms with Crippen LogP contribution in [0.3, 0.4) is 0 Å². The highest BCUT2D eigenvalue weighted by Gasteiger charge is 2.30. The number of halogens is 3. The van der Waals surface area contributed by atoms with E-state index in [0.717, 1.165) is 18.5 Å². The van der Waals surface area contributed by atoms with Crippen molar-refractivity contribution in [2.75, 3.05) is 33.4 Å². The van der Waals surface area contributed by atoms with Crippen molar-refractivity contribution in [2.45, 2.75) is 36.5 Å². The first kappa shape index (κ1) is 28.6. The summed E-state index contributed by atoms with van der Waals surface area (Å²) < 4.78 is 68.6. The minimum atomic E-state index is -4.42. The molecule has 13 heteroatoms. The molecule has 1 saturated heterocycles. The van der Waals surface area contributed by atoms with Crippen molar-refractivity contribution < 1.29 is 21.6 Å². The number of anilines is 3. The molecule has 0 radical (unpaired) electrons. The van der Waals surface area contributed by atoms with Crippen LogP contribution in [-0.2, 0) is 28.3 Å². The molecule has 4 aromatic rings. The maximum atomic E-state index is 13.5. The van der Waals surface area contributed by atoms with Crippen molar-refractivity contribution in [3.8, 4) is 11.8 Å². The molecule has 1 unspecified atom stereocenters. The number of alkyl halides is 3.